The monoisotopic (exact) mass is 282 g/mol. The normalized spacial score (nSPS) is 10.5. The number of carbonyl (C=O) groups is 1. The Bertz CT molecular complexity index is 516. The molecule has 4 heteroatoms. The molecule has 0 radical (unpaired) electrons. The van der Waals surface area contributed by atoms with Crippen LogP contribution < -0.4 is 0 Å². The van der Waals surface area contributed by atoms with Gasteiger partial charge in [-0.2, -0.15) is 0 Å². The maximum absolute atomic E-state index is 11.1. The number of thioether (sulfide) groups is 1. The number of Topliss-reactive ketones (excluding diaryl/α,β-unsaturated/α-hetero) is 1. The molecule has 0 saturated carbocycles. The number of halogens is 1. The molecule has 0 N–H and O–H groups in total. The average Bonchev–Trinajstić information content (AvgIpc) is 2.73. The van der Waals surface area contributed by atoms with Gasteiger partial charge in [0.1, 0.15) is 0 Å². The highest BCUT2D eigenvalue weighted by Crippen LogP contribution is 2.29. The molecule has 2 rings (SSSR count). The number of benzene rings is 1. The van der Waals surface area contributed by atoms with E-state index in [0.717, 1.165) is 15.7 Å². The predicted molar refractivity (Wildman–Crippen MR) is 75.3 cm³/mol. The van der Waals surface area contributed by atoms with Gasteiger partial charge in [0.2, 0.25) is 0 Å². The maximum Gasteiger partial charge on any atom is 0.159 e. The molecule has 0 unspecified atom stereocenters. The maximum atomic E-state index is 11.1. The molecule has 1 nitrogen and oxygen atoms in total. The SMILES string of the molecule is CC(=O)c1ccc(SCc2ccc(Cl)s2)cc1. The van der Waals surface area contributed by atoms with Crippen LogP contribution in [0.25, 0.3) is 0 Å². The van der Waals surface area contributed by atoms with Crippen molar-refractivity contribution in [2.75, 3.05) is 0 Å². The summed E-state index contributed by atoms with van der Waals surface area (Å²) in [6.45, 7) is 1.58. The van der Waals surface area contributed by atoms with Gasteiger partial charge < -0.3 is 0 Å². The smallest absolute Gasteiger partial charge is 0.159 e. The molecule has 17 heavy (non-hydrogen) atoms. The van der Waals surface area contributed by atoms with Gasteiger partial charge in [0.15, 0.2) is 5.78 Å². The predicted octanol–water partition coefficient (Wildman–Crippen LogP) is 4.90. The minimum atomic E-state index is 0.103. The lowest BCUT2D eigenvalue weighted by molar-refractivity contribution is 0.101. The molecule has 0 aliphatic heterocycles. The number of ketones is 1. The highest BCUT2D eigenvalue weighted by atomic mass is 35.5. The molecule has 1 aromatic heterocycles. The Morgan fingerprint density at radius 3 is 2.47 bits per heavy atom. The number of hydrogen-bond donors (Lipinski definition) is 0. The molecular weight excluding hydrogens is 272 g/mol. The third-order valence-electron chi connectivity index (χ3n) is 2.27. The summed E-state index contributed by atoms with van der Waals surface area (Å²) in [6, 6.07) is 11.7. The van der Waals surface area contributed by atoms with E-state index in [4.69, 9.17) is 11.6 Å². The summed E-state index contributed by atoms with van der Waals surface area (Å²) in [4.78, 5) is 13.5. The van der Waals surface area contributed by atoms with Gasteiger partial charge in [-0.15, -0.1) is 23.1 Å². The third-order valence-corrected chi connectivity index (χ3v) is 4.75. The Hall–Kier alpha value is -0.770. The van der Waals surface area contributed by atoms with Crippen molar-refractivity contribution in [2.24, 2.45) is 0 Å². The Morgan fingerprint density at radius 1 is 1.24 bits per heavy atom. The van der Waals surface area contributed by atoms with Crippen LogP contribution >= 0.6 is 34.7 Å². The summed E-state index contributed by atoms with van der Waals surface area (Å²) in [5.74, 6) is 1.02. The summed E-state index contributed by atoms with van der Waals surface area (Å²) in [7, 11) is 0. The van der Waals surface area contributed by atoms with Gasteiger partial charge in [-0.3, -0.25) is 4.79 Å². The van der Waals surface area contributed by atoms with E-state index in [1.807, 2.05) is 36.4 Å². The van der Waals surface area contributed by atoms with Crippen molar-refractivity contribution in [1.29, 1.82) is 0 Å². The van der Waals surface area contributed by atoms with Gasteiger partial charge in [-0.25, -0.2) is 0 Å². The molecule has 2 aromatic rings. The van der Waals surface area contributed by atoms with Crippen LogP contribution in [0, 0.1) is 0 Å². The first kappa shape index (κ1) is 12.7. The number of hydrogen-bond acceptors (Lipinski definition) is 3. The fourth-order valence-electron chi connectivity index (χ4n) is 1.37. The van der Waals surface area contributed by atoms with Crippen molar-refractivity contribution in [2.45, 2.75) is 17.6 Å². The van der Waals surface area contributed by atoms with Crippen molar-refractivity contribution in [1.82, 2.24) is 0 Å². The van der Waals surface area contributed by atoms with Gasteiger partial charge in [0, 0.05) is 21.1 Å². The lowest BCUT2D eigenvalue weighted by Crippen LogP contribution is -1.90. The first-order chi connectivity index (χ1) is 8.15. The molecule has 1 aromatic carbocycles. The van der Waals surface area contributed by atoms with Crippen LogP contribution in [0.3, 0.4) is 0 Å². The van der Waals surface area contributed by atoms with Crippen LogP contribution in [0.1, 0.15) is 22.2 Å². The largest absolute Gasteiger partial charge is 0.295 e. The van der Waals surface area contributed by atoms with E-state index in [-0.39, 0.29) is 5.78 Å². The lowest BCUT2D eigenvalue weighted by atomic mass is 10.2. The Balaban J connectivity index is 1.97. The number of carbonyl (C=O) groups excluding carboxylic acids is 1. The first-order valence-electron chi connectivity index (χ1n) is 5.13. The van der Waals surface area contributed by atoms with Crippen LogP contribution in [0.4, 0.5) is 0 Å². The summed E-state index contributed by atoms with van der Waals surface area (Å²) in [5, 5.41) is 0. The molecule has 0 spiro atoms. The van der Waals surface area contributed by atoms with Gasteiger partial charge >= 0.3 is 0 Å². The summed E-state index contributed by atoms with van der Waals surface area (Å²) in [5.41, 5.74) is 0.758. The molecule has 0 bridgehead atoms. The van der Waals surface area contributed by atoms with Gasteiger partial charge in [0.25, 0.3) is 0 Å². The highest BCUT2D eigenvalue weighted by molar-refractivity contribution is 7.98. The van der Waals surface area contributed by atoms with E-state index < -0.39 is 0 Å². The minimum Gasteiger partial charge on any atom is -0.295 e. The molecule has 0 amide bonds. The Morgan fingerprint density at radius 2 is 1.94 bits per heavy atom. The molecule has 0 atom stereocenters. The van der Waals surface area contributed by atoms with Gasteiger partial charge in [0.05, 0.1) is 4.34 Å². The highest BCUT2D eigenvalue weighted by Gasteiger charge is 2.01. The van der Waals surface area contributed by atoms with E-state index in [1.165, 1.54) is 9.77 Å². The molecule has 88 valence electrons. The molecular formula is C13H11ClOS2. The fraction of sp³-hybridized carbons (Fsp3) is 0.154. The first-order valence-corrected chi connectivity index (χ1v) is 7.31. The fourth-order valence-corrected chi connectivity index (χ4v) is 3.40. The quantitative estimate of drug-likeness (QED) is 0.586. The van der Waals surface area contributed by atoms with Crippen molar-refractivity contribution in [3.8, 4) is 0 Å². The zero-order valence-electron chi connectivity index (χ0n) is 9.27. The zero-order chi connectivity index (χ0) is 12.3. The number of rotatable bonds is 4. The van der Waals surface area contributed by atoms with E-state index in [2.05, 4.69) is 0 Å². The van der Waals surface area contributed by atoms with Crippen molar-refractivity contribution < 1.29 is 4.79 Å². The van der Waals surface area contributed by atoms with E-state index in [1.54, 1.807) is 30.0 Å². The van der Waals surface area contributed by atoms with Crippen LogP contribution in [0.2, 0.25) is 4.34 Å². The Kier molecular flexibility index (Phi) is 4.26. The second-order valence-corrected chi connectivity index (χ2v) is 6.42. The van der Waals surface area contributed by atoms with Crippen LogP contribution in [0.15, 0.2) is 41.3 Å². The lowest BCUT2D eigenvalue weighted by Gasteiger charge is -2.01. The topological polar surface area (TPSA) is 17.1 Å². The summed E-state index contributed by atoms with van der Waals surface area (Å²) >= 11 is 9.22. The molecule has 0 saturated heterocycles. The molecule has 0 aliphatic rings. The Labute approximate surface area is 114 Å². The van der Waals surface area contributed by atoms with Gasteiger partial charge in [-0.1, -0.05) is 23.7 Å². The summed E-state index contributed by atoms with van der Waals surface area (Å²) in [6.07, 6.45) is 0. The summed E-state index contributed by atoms with van der Waals surface area (Å²) < 4.78 is 0.826. The van der Waals surface area contributed by atoms with Gasteiger partial charge in [-0.05, 0) is 31.2 Å². The number of thiophene rings is 1. The third kappa shape index (κ3) is 3.60. The van der Waals surface area contributed by atoms with Crippen molar-refractivity contribution in [3.05, 3.63) is 51.2 Å². The molecule has 0 fully saturated rings. The van der Waals surface area contributed by atoms with Crippen LogP contribution in [-0.2, 0) is 5.75 Å². The van der Waals surface area contributed by atoms with E-state index in [9.17, 15) is 4.79 Å². The molecule has 0 aliphatic carbocycles. The van der Waals surface area contributed by atoms with Crippen molar-refractivity contribution in [3.63, 3.8) is 0 Å². The minimum absolute atomic E-state index is 0.103. The van der Waals surface area contributed by atoms with Crippen LogP contribution in [0.5, 0.6) is 0 Å². The molecule has 1 heterocycles. The van der Waals surface area contributed by atoms with E-state index in [0.29, 0.717) is 0 Å². The zero-order valence-corrected chi connectivity index (χ0v) is 11.7. The average molecular weight is 283 g/mol. The van der Waals surface area contributed by atoms with Crippen LogP contribution in [-0.4, -0.2) is 5.78 Å². The standard InChI is InChI=1S/C13H11ClOS2/c1-9(15)10-2-4-11(5-3-10)16-8-12-6-7-13(14)17-12/h2-7H,8H2,1H3. The second kappa shape index (κ2) is 5.71. The second-order valence-electron chi connectivity index (χ2n) is 3.58. The van der Waals surface area contributed by atoms with E-state index >= 15 is 0 Å². The van der Waals surface area contributed by atoms with Crippen molar-refractivity contribution >= 4 is 40.5 Å².